The number of anilines is 2. The molecule has 2 aliphatic heterocycles. The number of carbonyl (C=O) groups excluding carboxylic acids is 1. The summed E-state index contributed by atoms with van der Waals surface area (Å²) in [5.41, 5.74) is -1.58. The van der Waals surface area contributed by atoms with Crippen LogP contribution in [0.4, 0.5) is 24.5 Å². The molecule has 1 aromatic heterocycles. The number of alkyl halides is 3. The minimum absolute atomic E-state index is 0.00560. The Morgan fingerprint density at radius 3 is 2.37 bits per heavy atom. The largest absolute Gasteiger partial charge is 0.490 e. The fourth-order valence-corrected chi connectivity index (χ4v) is 5.66. The van der Waals surface area contributed by atoms with Gasteiger partial charge in [-0.2, -0.15) is 18.4 Å². The lowest BCUT2D eigenvalue weighted by molar-refractivity contribution is -0.138. The average Bonchev–Trinajstić information content (AvgIpc) is 3.01. The Labute approximate surface area is 223 Å². The minimum atomic E-state index is -4.83. The molecule has 1 amide bonds. The Balaban J connectivity index is 1.52. The first kappa shape index (κ1) is 27.7. The van der Waals surface area contributed by atoms with Gasteiger partial charge in [0.25, 0.3) is 0 Å². The van der Waals surface area contributed by atoms with Crippen LogP contribution in [-0.2, 0) is 21.0 Å². The van der Waals surface area contributed by atoms with E-state index in [0.717, 1.165) is 11.1 Å². The molecule has 202 valence electrons. The smallest absolute Gasteiger partial charge is 0.419 e. The number of ether oxygens (including phenoxy) is 1. The standard InChI is InChI=1S/C24H24F3N5O4S2/c1-38(34,35)30-11-8-19(9-12-30)36-18-6-4-16(5-7-18)31-10-2-3-22(33)32(23(31)37)17-13-20(24(25,26)27)21(14-28)29-15-17/h4-7,13,15,19H,2-3,8-12H2,1H3. The third-order valence-corrected chi connectivity index (χ3v) is 8.01. The second-order valence-corrected chi connectivity index (χ2v) is 11.3. The number of piperidine rings is 1. The van der Waals surface area contributed by atoms with Gasteiger partial charge in [0.05, 0.1) is 23.7 Å². The maximum absolute atomic E-state index is 13.5. The fraction of sp³-hybridized carbons (Fsp3) is 0.417. The van der Waals surface area contributed by atoms with E-state index in [2.05, 4.69) is 4.98 Å². The van der Waals surface area contributed by atoms with Crippen LogP contribution in [0.25, 0.3) is 0 Å². The molecule has 0 unspecified atom stereocenters. The van der Waals surface area contributed by atoms with Crippen molar-refractivity contribution in [2.45, 2.75) is 38.0 Å². The summed E-state index contributed by atoms with van der Waals surface area (Å²) in [7, 11) is -3.23. The predicted molar refractivity (Wildman–Crippen MR) is 137 cm³/mol. The third-order valence-electron chi connectivity index (χ3n) is 6.31. The highest BCUT2D eigenvalue weighted by atomic mass is 32.2. The molecular weight excluding hydrogens is 543 g/mol. The number of hydrogen-bond acceptors (Lipinski definition) is 7. The van der Waals surface area contributed by atoms with Crippen LogP contribution >= 0.6 is 12.2 Å². The van der Waals surface area contributed by atoms with Gasteiger partial charge in [-0.15, -0.1) is 0 Å². The number of amides is 1. The van der Waals surface area contributed by atoms with Gasteiger partial charge in [-0.25, -0.2) is 17.7 Å². The van der Waals surface area contributed by atoms with Gasteiger partial charge in [0.1, 0.15) is 17.9 Å². The van der Waals surface area contributed by atoms with Crippen LogP contribution in [0.5, 0.6) is 5.75 Å². The summed E-state index contributed by atoms with van der Waals surface area (Å²) in [4.78, 5) is 19.1. The zero-order chi connectivity index (χ0) is 27.7. The van der Waals surface area contributed by atoms with Crippen LogP contribution in [0.3, 0.4) is 0 Å². The lowest BCUT2D eigenvalue weighted by Gasteiger charge is -2.31. The van der Waals surface area contributed by atoms with Crippen molar-refractivity contribution in [2.75, 3.05) is 35.7 Å². The molecule has 0 N–H and O–H groups in total. The average molecular weight is 568 g/mol. The molecule has 0 saturated carbocycles. The van der Waals surface area contributed by atoms with Crippen LogP contribution in [0.2, 0.25) is 0 Å². The van der Waals surface area contributed by atoms with Crippen LogP contribution in [-0.4, -0.2) is 60.7 Å². The van der Waals surface area contributed by atoms with E-state index in [4.69, 9.17) is 22.2 Å². The molecule has 38 heavy (non-hydrogen) atoms. The molecule has 2 aliphatic rings. The topological polar surface area (TPSA) is 107 Å². The number of nitrogens with zero attached hydrogens (tertiary/aromatic N) is 5. The Hall–Kier alpha value is -3.28. The molecule has 2 fully saturated rings. The number of sulfonamides is 1. The number of aromatic nitrogens is 1. The van der Waals surface area contributed by atoms with Crippen molar-refractivity contribution in [3.05, 3.63) is 47.8 Å². The van der Waals surface area contributed by atoms with Crippen LogP contribution < -0.4 is 14.5 Å². The van der Waals surface area contributed by atoms with E-state index in [1.165, 1.54) is 16.6 Å². The van der Waals surface area contributed by atoms with Gasteiger partial charge in [0, 0.05) is 31.7 Å². The normalized spacial score (nSPS) is 18.3. The lowest BCUT2D eigenvalue weighted by Crippen LogP contribution is -2.44. The van der Waals surface area contributed by atoms with Gasteiger partial charge in [-0.05, 0) is 61.8 Å². The Bertz CT molecular complexity index is 1370. The number of rotatable bonds is 5. The Morgan fingerprint density at radius 1 is 1.13 bits per heavy atom. The molecule has 9 nitrogen and oxygen atoms in total. The summed E-state index contributed by atoms with van der Waals surface area (Å²) in [6.07, 6.45) is -1.16. The SMILES string of the molecule is CS(=O)(=O)N1CCC(Oc2ccc(N3CCCC(=O)N(c4cnc(C#N)c(C(F)(F)F)c4)C3=S)cc2)CC1. The third kappa shape index (κ3) is 6.06. The van der Waals surface area contributed by atoms with E-state index in [9.17, 15) is 26.4 Å². The van der Waals surface area contributed by atoms with Gasteiger partial charge in [0.2, 0.25) is 15.9 Å². The van der Waals surface area contributed by atoms with Crippen molar-refractivity contribution in [3.8, 4) is 11.8 Å². The van der Waals surface area contributed by atoms with E-state index in [1.54, 1.807) is 29.2 Å². The quantitative estimate of drug-likeness (QED) is 0.504. The molecule has 0 bridgehead atoms. The second kappa shape index (κ2) is 10.8. The van der Waals surface area contributed by atoms with E-state index in [0.29, 0.717) is 56.4 Å². The highest BCUT2D eigenvalue weighted by Crippen LogP contribution is 2.35. The van der Waals surface area contributed by atoms with Crippen molar-refractivity contribution in [3.63, 3.8) is 0 Å². The fourth-order valence-electron chi connectivity index (χ4n) is 4.38. The van der Waals surface area contributed by atoms with Gasteiger partial charge in [-0.1, -0.05) is 0 Å². The summed E-state index contributed by atoms with van der Waals surface area (Å²) in [5.74, 6) is 0.101. The summed E-state index contributed by atoms with van der Waals surface area (Å²) in [5, 5.41) is 9.02. The lowest BCUT2D eigenvalue weighted by atomic mass is 10.1. The predicted octanol–water partition coefficient (Wildman–Crippen LogP) is 3.69. The van der Waals surface area contributed by atoms with E-state index >= 15 is 0 Å². The van der Waals surface area contributed by atoms with Gasteiger partial charge in [0.15, 0.2) is 10.8 Å². The number of carbonyl (C=O) groups is 1. The molecule has 0 atom stereocenters. The number of thiocarbonyl (C=S) groups is 1. The van der Waals surface area contributed by atoms with Gasteiger partial charge in [-0.3, -0.25) is 9.69 Å². The molecular formula is C24H24F3N5O4S2. The first-order valence-corrected chi connectivity index (χ1v) is 14.0. The molecule has 0 aliphatic carbocycles. The van der Waals surface area contributed by atoms with Crippen LogP contribution in [0, 0.1) is 11.3 Å². The summed E-state index contributed by atoms with van der Waals surface area (Å²) in [6.45, 7) is 1.13. The van der Waals surface area contributed by atoms with Gasteiger partial charge < -0.3 is 9.64 Å². The molecule has 0 spiro atoms. The van der Waals surface area contributed by atoms with Crippen LogP contribution in [0.1, 0.15) is 36.9 Å². The highest BCUT2D eigenvalue weighted by molar-refractivity contribution is 7.88. The van der Waals surface area contributed by atoms with Crippen molar-refractivity contribution in [1.82, 2.24) is 9.29 Å². The number of halogens is 3. The summed E-state index contributed by atoms with van der Waals surface area (Å²) >= 11 is 5.55. The van der Waals surface area contributed by atoms with Gasteiger partial charge >= 0.3 is 6.18 Å². The molecule has 2 aromatic rings. The maximum atomic E-state index is 13.5. The zero-order valence-electron chi connectivity index (χ0n) is 20.3. The Morgan fingerprint density at radius 2 is 1.79 bits per heavy atom. The van der Waals surface area contributed by atoms with Crippen molar-refractivity contribution < 1.29 is 31.1 Å². The van der Waals surface area contributed by atoms with Crippen molar-refractivity contribution in [2.24, 2.45) is 0 Å². The van der Waals surface area contributed by atoms with E-state index in [1.807, 2.05) is 0 Å². The highest BCUT2D eigenvalue weighted by Gasteiger charge is 2.37. The number of hydrogen-bond donors (Lipinski definition) is 0. The molecule has 3 heterocycles. The zero-order valence-corrected chi connectivity index (χ0v) is 21.9. The maximum Gasteiger partial charge on any atom is 0.419 e. The first-order valence-electron chi connectivity index (χ1n) is 11.7. The minimum Gasteiger partial charge on any atom is -0.490 e. The summed E-state index contributed by atoms with van der Waals surface area (Å²) in [6, 6.07) is 9.06. The van der Waals surface area contributed by atoms with Crippen LogP contribution in [0.15, 0.2) is 36.5 Å². The van der Waals surface area contributed by atoms with E-state index < -0.39 is 33.4 Å². The molecule has 4 rings (SSSR count). The molecule has 0 radical (unpaired) electrons. The molecule has 1 aromatic carbocycles. The molecule has 2 saturated heterocycles. The number of pyridine rings is 1. The number of nitriles is 1. The summed E-state index contributed by atoms with van der Waals surface area (Å²) < 4.78 is 71.3. The number of benzene rings is 1. The second-order valence-electron chi connectivity index (χ2n) is 8.94. The van der Waals surface area contributed by atoms with E-state index in [-0.39, 0.29) is 23.3 Å². The first-order chi connectivity index (χ1) is 17.9. The van der Waals surface area contributed by atoms with Crippen molar-refractivity contribution in [1.29, 1.82) is 5.26 Å². The monoisotopic (exact) mass is 567 g/mol. The Kier molecular flexibility index (Phi) is 7.91. The van der Waals surface area contributed by atoms with Crippen molar-refractivity contribution >= 4 is 44.6 Å². The molecule has 14 heteroatoms.